The molecule has 2 heterocycles. The first-order valence-electron chi connectivity index (χ1n) is 6.40. The van der Waals surface area contributed by atoms with Gasteiger partial charge in [0, 0.05) is 37.1 Å². The number of aromatic nitrogens is 3. The van der Waals surface area contributed by atoms with E-state index in [0.717, 1.165) is 24.1 Å². The lowest BCUT2D eigenvalue weighted by Crippen LogP contribution is -2.14. The Labute approximate surface area is 108 Å². The van der Waals surface area contributed by atoms with Crippen LogP contribution in [0.15, 0.2) is 36.8 Å². The van der Waals surface area contributed by atoms with Gasteiger partial charge in [0.15, 0.2) is 0 Å². The summed E-state index contributed by atoms with van der Waals surface area (Å²) in [5.41, 5.74) is 8.31. The van der Waals surface area contributed by atoms with E-state index in [-0.39, 0.29) is 6.04 Å². The summed E-state index contributed by atoms with van der Waals surface area (Å²) < 4.78 is 2.01. The normalized spacial score (nSPS) is 14.4. The van der Waals surface area contributed by atoms with E-state index in [4.69, 9.17) is 5.73 Å². The van der Waals surface area contributed by atoms with Gasteiger partial charge in [-0.2, -0.15) is 5.10 Å². The smallest absolute Gasteiger partial charge is 0.0643 e. The summed E-state index contributed by atoms with van der Waals surface area (Å²) in [4.78, 5) is 4.00. The molecule has 0 aliphatic rings. The van der Waals surface area contributed by atoms with Crippen LogP contribution >= 0.6 is 0 Å². The van der Waals surface area contributed by atoms with Crippen LogP contribution in [0.4, 0.5) is 0 Å². The molecule has 0 aliphatic heterocycles. The lowest BCUT2D eigenvalue weighted by molar-refractivity contribution is 0.472. The Hall–Kier alpha value is -1.68. The van der Waals surface area contributed by atoms with Crippen LogP contribution in [-0.2, 0) is 6.42 Å². The van der Waals surface area contributed by atoms with Crippen LogP contribution in [0.2, 0.25) is 0 Å². The molecule has 0 aromatic carbocycles. The molecule has 2 aromatic heterocycles. The lowest BCUT2D eigenvalue weighted by atomic mass is 10.0. The van der Waals surface area contributed by atoms with Crippen LogP contribution in [0, 0.1) is 0 Å². The van der Waals surface area contributed by atoms with Gasteiger partial charge in [0.1, 0.15) is 0 Å². The molecule has 4 heteroatoms. The van der Waals surface area contributed by atoms with E-state index in [1.165, 1.54) is 0 Å². The molecular formula is C14H20N4. The quantitative estimate of drug-likeness (QED) is 0.879. The average Bonchev–Trinajstić information content (AvgIpc) is 2.87. The van der Waals surface area contributed by atoms with E-state index < -0.39 is 0 Å². The topological polar surface area (TPSA) is 56.7 Å². The number of hydrogen-bond acceptors (Lipinski definition) is 3. The van der Waals surface area contributed by atoms with Gasteiger partial charge in [0.2, 0.25) is 0 Å². The third-order valence-corrected chi connectivity index (χ3v) is 3.27. The van der Waals surface area contributed by atoms with Crippen molar-refractivity contribution in [2.24, 2.45) is 5.73 Å². The van der Waals surface area contributed by atoms with Gasteiger partial charge in [0.25, 0.3) is 0 Å². The number of nitrogens with two attached hydrogens (primary N) is 1. The van der Waals surface area contributed by atoms with Crippen LogP contribution in [0.5, 0.6) is 0 Å². The third kappa shape index (κ3) is 2.96. The Morgan fingerprint density at radius 2 is 2.00 bits per heavy atom. The first-order chi connectivity index (χ1) is 8.70. The summed E-state index contributed by atoms with van der Waals surface area (Å²) in [6.07, 6.45) is 7.41. The molecule has 4 nitrogen and oxygen atoms in total. The van der Waals surface area contributed by atoms with Gasteiger partial charge >= 0.3 is 0 Å². The Kier molecular flexibility index (Phi) is 4.10. The van der Waals surface area contributed by atoms with Gasteiger partial charge in [-0.1, -0.05) is 6.92 Å². The SMILES string of the molecule is CCC(C)n1ccc(CC(N)c2ccncc2)n1. The highest BCUT2D eigenvalue weighted by atomic mass is 15.3. The van der Waals surface area contributed by atoms with E-state index in [9.17, 15) is 0 Å². The number of hydrogen-bond donors (Lipinski definition) is 1. The second kappa shape index (κ2) is 5.78. The van der Waals surface area contributed by atoms with Crippen molar-refractivity contribution < 1.29 is 0 Å². The molecule has 0 saturated carbocycles. The largest absolute Gasteiger partial charge is 0.324 e. The Bertz CT molecular complexity index is 478. The minimum atomic E-state index is -0.0201. The van der Waals surface area contributed by atoms with E-state index in [2.05, 4.69) is 23.9 Å². The molecule has 0 spiro atoms. The fourth-order valence-electron chi connectivity index (χ4n) is 1.87. The summed E-state index contributed by atoms with van der Waals surface area (Å²) in [7, 11) is 0. The highest BCUT2D eigenvalue weighted by Gasteiger charge is 2.10. The molecule has 18 heavy (non-hydrogen) atoms. The molecule has 0 bridgehead atoms. The Morgan fingerprint density at radius 3 is 2.67 bits per heavy atom. The van der Waals surface area contributed by atoms with Crippen molar-refractivity contribution in [3.63, 3.8) is 0 Å². The predicted molar refractivity (Wildman–Crippen MR) is 72.1 cm³/mol. The van der Waals surface area contributed by atoms with Gasteiger partial charge < -0.3 is 5.73 Å². The first-order valence-corrected chi connectivity index (χ1v) is 6.40. The molecular weight excluding hydrogens is 224 g/mol. The summed E-state index contributed by atoms with van der Waals surface area (Å²) in [5, 5.41) is 4.57. The molecule has 0 radical (unpaired) electrons. The number of pyridine rings is 1. The van der Waals surface area contributed by atoms with Crippen LogP contribution in [0.3, 0.4) is 0 Å². The maximum atomic E-state index is 6.17. The van der Waals surface area contributed by atoms with Crippen molar-refractivity contribution in [2.75, 3.05) is 0 Å². The van der Waals surface area contributed by atoms with Gasteiger partial charge in [-0.25, -0.2) is 0 Å². The minimum Gasteiger partial charge on any atom is -0.324 e. The van der Waals surface area contributed by atoms with Gasteiger partial charge in [-0.15, -0.1) is 0 Å². The summed E-state index contributed by atoms with van der Waals surface area (Å²) in [6, 6.07) is 6.38. The van der Waals surface area contributed by atoms with Crippen LogP contribution < -0.4 is 5.73 Å². The van der Waals surface area contributed by atoms with Gasteiger partial charge in [0.05, 0.1) is 5.69 Å². The molecule has 2 rings (SSSR count). The second-order valence-electron chi connectivity index (χ2n) is 4.64. The lowest BCUT2D eigenvalue weighted by Gasteiger charge is -2.11. The van der Waals surface area contributed by atoms with Crippen molar-refractivity contribution in [3.8, 4) is 0 Å². The Morgan fingerprint density at radius 1 is 1.28 bits per heavy atom. The second-order valence-corrected chi connectivity index (χ2v) is 4.64. The van der Waals surface area contributed by atoms with Crippen LogP contribution in [0.1, 0.15) is 43.6 Å². The highest BCUT2D eigenvalue weighted by Crippen LogP contribution is 2.15. The van der Waals surface area contributed by atoms with E-state index in [0.29, 0.717) is 6.04 Å². The fourth-order valence-corrected chi connectivity index (χ4v) is 1.87. The summed E-state index contributed by atoms with van der Waals surface area (Å²) in [5.74, 6) is 0. The zero-order valence-corrected chi connectivity index (χ0v) is 11.0. The van der Waals surface area contributed by atoms with E-state index in [1.54, 1.807) is 12.4 Å². The van der Waals surface area contributed by atoms with Gasteiger partial charge in [-0.3, -0.25) is 9.67 Å². The molecule has 2 atom stereocenters. The van der Waals surface area contributed by atoms with E-state index in [1.807, 2.05) is 29.1 Å². The Balaban J connectivity index is 2.03. The van der Waals surface area contributed by atoms with Gasteiger partial charge in [-0.05, 0) is 37.1 Å². The van der Waals surface area contributed by atoms with Crippen molar-refractivity contribution in [3.05, 3.63) is 48.0 Å². The van der Waals surface area contributed by atoms with Crippen LogP contribution in [-0.4, -0.2) is 14.8 Å². The molecule has 2 unspecified atom stereocenters. The molecule has 96 valence electrons. The van der Waals surface area contributed by atoms with E-state index >= 15 is 0 Å². The zero-order valence-electron chi connectivity index (χ0n) is 11.0. The van der Waals surface area contributed by atoms with Crippen molar-refractivity contribution >= 4 is 0 Å². The zero-order chi connectivity index (χ0) is 13.0. The average molecular weight is 244 g/mol. The number of nitrogens with zero attached hydrogens (tertiary/aromatic N) is 3. The minimum absolute atomic E-state index is 0.0201. The molecule has 0 saturated heterocycles. The first kappa shape index (κ1) is 12.8. The molecule has 0 amide bonds. The van der Waals surface area contributed by atoms with Crippen molar-refractivity contribution in [2.45, 2.75) is 38.8 Å². The monoisotopic (exact) mass is 244 g/mol. The third-order valence-electron chi connectivity index (χ3n) is 3.27. The van der Waals surface area contributed by atoms with Crippen molar-refractivity contribution in [1.29, 1.82) is 0 Å². The summed E-state index contributed by atoms with van der Waals surface area (Å²) in [6.45, 7) is 4.33. The number of rotatable bonds is 5. The predicted octanol–water partition coefficient (Wildman–Crippen LogP) is 2.49. The maximum Gasteiger partial charge on any atom is 0.0643 e. The molecule has 0 aliphatic carbocycles. The van der Waals surface area contributed by atoms with Crippen LogP contribution in [0.25, 0.3) is 0 Å². The highest BCUT2D eigenvalue weighted by molar-refractivity contribution is 5.17. The van der Waals surface area contributed by atoms with Crippen molar-refractivity contribution in [1.82, 2.24) is 14.8 Å². The molecule has 2 aromatic rings. The molecule has 2 N–H and O–H groups in total. The standard InChI is InChI=1S/C14H20N4/c1-3-11(2)18-9-6-13(17-18)10-14(15)12-4-7-16-8-5-12/h4-9,11,14H,3,10,15H2,1-2H3. The fraction of sp³-hybridized carbons (Fsp3) is 0.429. The molecule has 0 fully saturated rings. The summed E-state index contributed by atoms with van der Waals surface area (Å²) >= 11 is 0. The maximum absolute atomic E-state index is 6.17.